The number of nitrogens with zero attached hydrogens (tertiary/aromatic N) is 3. The van der Waals surface area contributed by atoms with Gasteiger partial charge in [0, 0.05) is 50.5 Å². The number of hydrogen-bond donors (Lipinski definition) is 0. The first-order valence-corrected chi connectivity index (χ1v) is 24.7. The van der Waals surface area contributed by atoms with Crippen molar-refractivity contribution in [2.75, 3.05) is 19.8 Å². The maximum Gasteiger partial charge on any atom is 0.416 e. The van der Waals surface area contributed by atoms with Gasteiger partial charge in [0.05, 0.1) is 51.2 Å². The fraction of sp³-hybridized carbons (Fsp3) is 0.426. The molecule has 4 aromatic carbocycles. The average molecular weight is 1410 g/mol. The molecule has 84 heavy (non-hydrogen) atoms. The number of ether oxygens (including phenoxy) is 1. The van der Waals surface area contributed by atoms with Gasteiger partial charge in [-0.15, -0.1) is 0 Å². The summed E-state index contributed by atoms with van der Waals surface area (Å²) in [4.78, 5) is 9.33. The summed E-state index contributed by atoms with van der Waals surface area (Å²) in [6.45, 7) is 13.5. The van der Waals surface area contributed by atoms with E-state index in [1.54, 1.807) is 0 Å². The first-order valence-electron chi connectivity index (χ1n) is 24.7. The molecule has 30 heteroatoms. The van der Waals surface area contributed by atoms with Crippen LogP contribution in [-0.4, -0.2) is 53.7 Å². The first-order chi connectivity index (χ1) is 37.6. The van der Waals surface area contributed by atoms with Crippen LogP contribution in [0.15, 0.2) is 90.2 Å². The molecule has 0 N–H and O–H groups in total. The van der Waals surface area contributed by atoms with Crippen molar-refractivity contribution in [3.05, 3.63) is 155 Å². The van der Waals surface area contributed by atoms with Crippen LogP contribution in [0.3, 0.4) is 0 Å². The molecule has 2 heterocycles. The Kier molecular flexibility index (Phi) is 22.0. The molecule has 5 radical (unpaired) electrons. The Morgan fingerprint density at radius 2 is 0.679 bits per heavy atom. The zero-order valence-electron chi connectivity index (χ0n) is 44.2. The van der Waals surface area contributed by atoms with Crippen molar-refractivity contribution in [1.82, 2.24) is 9.80 Å². The Balaban J connectivity index is 0.000000455. The topological polar surface area (TPSA) is 28.1 Å². The molecule has 0 saturated heterocycles. The fourth-order valence-corrected chi connectivity index (χ4v) is 9.05. The SMILES string of the molecule is CC(C)N1C=CN(C[C@@H]2COC(C(C)(C)C)=N2)C1.FC(F)(F)c1cc([B-](c2cc(C(F)(F)F)cc(C(F)(F)F)c2)(c2cc(C(F)(F)F)cc(C(F)(F)F)c2)c2cc(C(F)(F)F)cc(C(F)(F)F)c2)cc(C(F)(F)F)c1.[CH]1[CH]CC[CH][CH]CC1.[Ir]. The molecule has 0 bridgehead atoms. The van der Waals surface area contributed by atoms with E-state index >= 15 is 0 Å². The van der Waals surface area contributed by atoms with Gasteiger partial charge in [0.1, 0.15) is 18.8 Å². The molecule has 467 valence electrons. The monoisotopic (exact) mass is 1420 g/mol. The van der Waals surface area contributed by atoms with Gasteiger partial charge in [0.25, 0.3) is 0 Å². The minimum Gasteiger partial charge on any atom is -0.478 e. The Hall–Kier alpha value is -5.28. The number of rotatable bonds is 7. The maximum atomic E-state index is 14.2. The summed E-state index contributed by atoms with van der Waals surface area (Å²) >= 11 is 0. The Morgan fingerprint density at radius 3 is 0.869 bits per heavy atom. The third-order valence-electron chi connectivity index (χ3n) is 13.0. The van der Waals surface area contributed by atoms with E-state index in [1.165, 1.54) is 25.7 Å². The second-order valence-electron chi connectivity index (χ2n) is 20.8. The molecule has 4 aromatic rings. The zero-order valence-corrected chi connectivity index (χ0v) is 46.6. The summed E-state index contributed by atoms with van der Waals surface area (Å²) in [5.41, 5.74) is -30.2. The van der Waals surface area contributed by atoms with Gasteiger partial charge in [0.15, 0.2) is 5.90 Å². The third kappa shape index (κ3) is 18.4. The number of alkyl halides is 24. The van der Waals surface area contributed by atoms with Crippen LogP contribution in [0.25, 0.3) is 0 Å². The van der Waals surface area contributed by atoms with Crippen molar-refractivity contribution in [3.63, 3.8) is 0 Å². The summed E-state index contributed by atoms with van der Waals surface area (Å²) < 4.78 is 347. The van der Waals surface area contributed by atoms with Crippen molar-refractivity contribution >= 4 is 33.9 Å². The van der Waals surface area contributed by atoms with Crippen LogP contribution in [-0.2, 0) is 74.3 Å². The van der Waals surface area contributed by atoms with Crippen LogP contribution in [0.1, 0.15) is 105 Å². The molecule has 4 nitrogen and oxygen atoms in total. The van der Waals surface area contributed by atoms with E-state index in [1.807, 2.05) is 0 Å². The van der Waals surface area contributed by atoms with E-state index in [4.69, 9.17) is 9.73 Å². The Morgan fingerprint density at radius 1 is 0.429 bits per heavy atom. The van der Waals surface area contributed by atoms with Crippen LogP contribution in [0.5, 0.6) is 0 Å². The zero-order chi connectivity index (χ0) is 62.9. The normalized spacial score (nSPS) is 17.1. The van der Waals surface area contributed by atoms with Crippen LogP contribution >= 0.6 is 0 Å². The standard InChI is InChI=1S/C32H12BF24.C14H25N3O.C8H12.Ir/c34-25(35,36)13-1-14(26(37,38)39)6-21(5-13)33(22-7-15(27(40,41)42)2-16(8-22)28(43,44)45,23-9-17(29(46,47)48)3-18(10-23)30(49,50)51)24-11-19(31(52,53)54)4-20(12-24)32(55,56)57;1-11(2)17-7-6-16(10-17)8-12-9-18-13(15-12)14(3,4)5;1-2-4-6-8-7-5-3-1;/h1-12H;6-7,11-12H,8-10H2,1-5H3;1-2,7-8H,3-6H2;/q-1;;;/t;12-;;/m.1../s1. The molecule has 0 spiro atoms. The number of benzene rings is 4. The minimum absolute atomic E-state index is 0. The molecule has 1 fully saturated rings. The molecular formula is C54H49BF24IrN3O-. The van der Waals surface area contributed by atoms with E-state index in [9.17, 15) is 105 Å². The molecule has 0 unspecified atom stereocenters. The van der Waals surface area contributed by atoms with Crippen molar-refractivity contribution in [2.24, 2.45) is 10.4 Å². The molecule has 1 aliphatic carbocycles. The van der Waals surface area contributed by atoms with Crippen molar-refractivity contribution in [2.45, 2.75) is 122 Å². The maximum absolute atomic E-state index is 14.2. The molecule has 0 amide bonds. The predicted molar refractivity (Wildman–Crippen MR) is 260 cm³/mol. The largest absolute Gasteiger partial charge is 0.478 e. The molecule has 1 saturated carbocycles. The summed E-state index contributed by atoms with van der Waals surface area (Å²) in [5, 5.41) is 0. The molecule has 2 aliphatic heterocycles. The Bertz CT molecular complexity index is 2460. The first kappa shape index (κ1) is 71.2. The van der Waals surface area contributed by atoms with Gasteiger partial charge < -0.3 is 14.5 Å². The van der Waals surface area contributed by atoms with Gasteiger partial charge in [-0.25, -0.2) is 4.99 Å². The van der Waals surface area contributed by atoms with Crippen molar-refractivity contribution in [1.29, 1.82) is 0 Å². The summed E-state index contributed by atoms with van der Waals surface area (Å²) in [7, 11) is 0. The molecular weight excluding hydrogens is 1370 g/mol. The summed E-state index contributed by atoms with van der Waals surface area (Å²) in [6.07, 6.45) is -36.5. The van der Waals surface area contributed by atoms with Crippen LogP contribution in [0.2, 0.25) is 0 Å². The average Bonchev–Trinajstić information content (AvgIpc) is 1.07. The van der Waals surface area contributed by atoms with Gasteiger partial charge in [0.2, 0.25) is 0 Å². The summed E-state index contributed by atoms with van der Waals surface area (Å²) in [5.74, 6) is 0.899. The van der Waals surface area contributed by atoms with Crippen molar-refractivity contribution in [3.8, 4) is 0 Å². The number of aliphatic imine (C=N–C) groups is 1. The van der Waals surface area contributed by atoms with Crippen molar-refractivity contribution < 1.29 is 130 Å². The smallest absolute Gasteiger partial charge is 0.416 e. The van der Waals surface area contributed by atoms with E-state index in [0.717, 1.165) is 25.7 Å². The number of hydrogen-bond acceptors (Lipinski definition) is 4. The second-order valence-corrected chi connectivity index (χ2v) is 20.8. The molecule has 0 aromatic heterocycles. The van der Waals surface area contributed by atoms with Gasteiger partial charge in [-0.05, 0) is 89.5 Å². The van der Waals surface area contributed by atoms with Gasteiger partial charge >= 0.3 is 49.4 Å². The number of halogens is 24. The third-order valence-corrected chi connectivity index (χ3v) is 13.0. The van der Waals surface area contributed by atoms with E-state index in [-0.39, 0.29) is 31.6 Å². The fourth-order valence-electron chi connectivity index (χ4n) is 9.05. The molecule has 7 rings (SSSR count). The van der Waals surface area contributed by atoms with Gasteiger partial charge in [-0.1, -0.05) is 69.3 Å². The van der Waals surface area contributed by atoms with E-state index in [2.05, 4.69) is 82.5 Å². The van der Waals surface area contributed by atoms with Gasteiger partial charge in [-0.3, -0.25) is 0 Å². The van der Waals surface area contributed by atoms with E-state index < -0.39 is 195 Å². The summed E-state index contributed by atoms with van der Waals surface area (Å²) in [6, 6.07) is -7.98. The second kappa shape index (κ2) is 26.0. The van der Waals surface area contributed by atoms with Gasteiger partial charge in [-0.2, -0.15) is 127 Å². The van der Waals surface area contributed by atoms with Crippen LogP contribution in [0, 0.1) is 31.1 Å². The van der Waals surface area contributed by atoms with Crippen LogP contribution in [0.4, 0.5) is 105 Å². The quantitative estimate of drug-likeness (QED) is 0.136. The molecule has 3 aliphatic rings. The predicted octanol–water partition coefficient (Wildman–Crippen LogP) is 15.9. The Labute approximate surface area is 479 Å². The minimum atomic E-state index is -6.13. The molecule has 1 atom stereocenters. The van der Waals surface area contributed by atoms with Crippen LogP contribution < -0.4 is 21.9 Å². The van der Waals surface area contributed by atoms with E-state index in [0.29, 0.717) is 6.04 Å².